The minimum Gasteiger partial charge on any atom is -0.493 e. The van der Waals surface area contributed by atoms with Gasteiger partial charge in [0.15, 0.2) is 11.5 Å². The van der Waals surface area contributed by atoms with Gasteiger partial charge in [-0.2, -0.15) is 0 Å². The normalized spacial score (nSPS) is 10.1. The van der Waals surface area contributed by atoms with E-state index in [1.54, 1.807) is 12.3 Å². The van der Waals surface area contributed by atoms with Gasteiger partial charge in [0.2, 0.25) is 5.95 Å². The summed E-state index contributed by atoms with van der Waals surface area (Å²) in [6.07, 6.45) is 3.15. The Kier molecular flexibility index (Phi) is 3.91. The van der Waals surface area contributed by atoms with Crippen molar-refractivity contribution in [2.45, 2.75) is 0 Å². The van der Waals surface area contributed by atoms with Gasteiger partial charge in [-0.25, -0.2) is 4.98 Å². The van der Waals surface area contributed by atoms with E-state index in [0.717, 1.165) is 0 Å². The molecule has 0 aliphatic carbocycles. The lowest BCUT2D eigenvalue weighted by molar-refractivity contribution is 0.102. The standard InChI is InChI=1S/C12H12ClN3O3/c1-18-9-6-7(5-8(13)10(9)19-2)11(17)16-12-14-3-4-15-12/h3-6H,1-2H3,(H2,14,15,16,17). The Morgan fingerprint density at radius 2 is 2.16 bits per heavy atom. The maximum atomic E-state index is 12.0. The zero-order valence-corrected chi connectivity index (χ0v) is 11.1. The molecule has 1 amide bonds. The number of imidazole rings is 1. The first-order valence-electron chi connectivity index (χ1n) is 5.38. The van der Waals surface area contributed by atoms with Crippen LogP contribution < -0.4 is 14.8 Å². The Hall–Kier alpha value is -2.21. The summed E-state index contributed by atoms with van der Waals surface area (Å²) in [5, 5.41) is 2.89. The van der Waals surface area contributed by atoms with Crippen LogP contribution in [0.1, 0.15) is 10.4 Å². The SMILES string of the molecule is COc1cc(C(=O)Nc2ncc[nH]2)cc(Cl)c1OC. The van der Waals surface area contributed by atoms with E-state index in [0.29, 0.717) is 28.0 Å². The predicted octanol–water partition coefficient (Wildman–Crippen LogP) is 2.33. The molecule has 2 N–H and O–H groups in total. The average Bonchev–Trinajstić information content (AvgIpc) is 2.90. The van der Waals surface area contributed by atoms with E-state index in [2.05, 4.69) is 15.3 Å². The highest BCUT2D eigenvalue weighted by atomic mass is 35.5. The maximum Gasteiger partial charge on any atom is 0.258 e. The maximum absolute atomic E-state index is 12.0. The molecule has 7 heteroatoms. The van der Waals surface area contributed by atoms with Gasteiger partial charge in [-0.15, -0.1) is 0 Å². The molecule has 6 nitrogen and oxygen atoms in total. The third-order valence-corrected chi connectivity index (χ3v) is 2.71. The molecule has 1 heterocycles. The molecular weight excluding hydrogens is 270 g/mol. The molecule has 1 aromatic heterocycles. The van der Waals surface area contributed by atoms with Gasteiger partial charge in [0.05, 0.1) is 19.2 Å². The smallest absolute Gasteiger partial charge is 0.258 e. The Balaban J connectivity index is 2.29. The van der Waals surface area contributed by atoms with Crippen LogP contribution in [0.5, 0.6) is 11.5 Å². The molecule has 0 atom stereocenters. The van der Waals surface area contributed by atoms with Crippen LogP contribution in [0.25, 0.3) is 0 Å². The van der Waals surface area contributed by atoms with Crippen LogP contribution in [0.3, 0.4) is 0 Å². The number of ether oxygens (including phenoxy) is 2. The topological polar surface area (TPSA) is 76.2 Å². The van der Waals surface area contributed by atoms with Crippen molar-refractivity contribution in [3.05, 3.63) is 35.1 Å². The van der Waals surface area contributed by atoms with Crippen LogP contribution in [-0.4, -0.2) is 30.1 Å². The van der Waals surface area contributed by atoms with Gasteiger partial charge < -0.3 is 14.5 Å². The van der Waals surface area contributed by atoms with Gasteiger partial charge in [-0.3, -0.25) is 10.1 Å². The third kappa shape index (κ3) is 2.79. The van der Waals surface area contributed by atoms with Crippen molar-refractivity contribution >= 4 is 23.5 Å². The zero-order chi connectivity index (χ0) is 13.8. The fraction of sp³-hybridized carbons (Fsp3) is 0.167. The molecule has 0 fully saturated rings. The second-order valence-electron chi connectivity index (χ2n) is 3.59. The van der Waals surface area contributed by atoms with E-state index < -0.39 is 0 Å². The quantitative estimate of drug-likeness (QED) is 0.902. The fourth-order valence-corrected chi connectivity index (χ4v) is 1.85. The summed E-state index contributed by atoms with van der Waals surface area (Å²) in [5.41, 5.74) is 0.346. The lowest BCUT2D eigenvalue weighted by Crippen LogP contribution is -2.13. The van der Waals surface area contributed by atoms with E-state index in [4.69, 9.17) is 21.1 Å². The molecule has 0 aliphatic rings. The highest BCUT2D eigenvalue weighted by molar-refractivity contribution is 6.32. The number of nitrogens with one attached hydrogen (secondary N) is 2. The number of hydrogen-bond donors (Lipinski definition) is 2. The molecule has 2 aromatic rings. The minimum atomic E-state index is -0.349. The lowest BCUT2D eigenvalue weighted by Gasteiger charge is -2.11. The van der Waals surface area contributed by atoms with Gasteiger partial charge in [0.25, 0.3) is 5.91 Å². The van der Waals surface area contributed by atoms with Crippen molar-refractivity contribution in [3.63, 3.8) is 0 Å². The molecule has 2 rings (SSSR count). The van der Waals surface area contributed by atoms with Crippen molar-refractivity contribution in [3.8, 4) is 11.5 Å². The number of aromatic amines is 1. The molecule has 0 unspecified atom stereocenters. The van der Waals surface area contributed by atoms with Crippen LogP contribution in [0.2, 0.25) is 5.02 Å². The number of nitrogens with zero attached hydrogens (tertiary/aromatic N) is 1. The minimum absolute atomic E-state index is 0.298. The van der Waals surface area contributed by atoms with E-state index in [-0.39, 0.29) is 5.91 Å². The molecule has 0 saturated carbocycles. The molecule has 0 spiro atoms. The summed E-state index contributed by atoms with van der Waals surface area (Å²) < 4.78 is 10.2. The van der Waals surface area contributed by atoms with Gasteiger partial charge >= 0.3 is 0 Å². The molecular formula is C12H12ClN3O3. The van der Waals surface area contributed by atoms with Crippen LogP contribution in [0.4, 0.5) is 5.95 Å². The van der Waals surface area contributed by atoms with Crippen LogP contribution in [0, 0.1) is 0 Å². The number of benzene rings is 1. The summed E-state index contributed by atoms with van der Waals surface area (Å²) in [6.45, 7) is 0. The Morgan fingerprint density at radius 1 is 1.37 bits per heavy atom. The predicted molar refractivity (Wildman–Crippen MR) is 71.1 cm³/mol. The van der Waals surface area contributed by atoms with Crippen LogP contribution >= 0.6 is 11.6 Å². The van der Waals surface area contributed by atoms with E-state index in [1.165, 1.54) is 26.5 Å². The molecule has 0 radical (unpaired) electrons. The van der Waals surface area contributed by atoms with Gasteiger partial charge in [-0.1, -0.05) is 11.6 Å². The molecule has 0 bridgehead atoms. The largest absolute Gasteiger partial charge is 0.493 e. The van der Waals surface area contributed by atoms with E-state index >= 15 is 0 Å². The van der Waals surface area contributed by atoms with Crippen molar-refractivity contribution in [1.82, 2.24) is 9.97 Å². The number of anilines is 1. The monoisotopic (exact) mass is 281 g/mol. The number of methoxy groups -OCH3 is 2. The summed E-state index contributed by atoms with van der Waals surface area (Å²) in [6, 6.07) is 3.05. The van der Waals surface area contributed by atoms with E-state index in [1.807, 2.05) is 0 Å². The summed E-state index contributed by atoms with van der Waals surface area (Å²) in [7, 11) is 2.95. The lowest BCUT2D eigenvalue weighted by atomic mass is 10.2. The number of carbonyl (C=O) groups excluding carboxylic acids is 1. The molecule has 0 aliphatic heterocycles. The number of rotatable bonds is 4. The highest BCUT2D eigenvalue weighted by Crippen LogP contribution is 2.36. The number of carbonyl (C=O) groups is 1. The number of aromatic nitrogens is 2. The van der Waals surface area contributed by atoms with Crippen molar-refractivity contribution in [2.75, 3.05) is 19.5 Å². The Morgan fingerprint density at radius 3 is 2.74 bits per heavy atom. The average molecular weight is 282 g/mol. The molecule has 0 saturated heterocycles. The zero-order valence-electron chi connectivity index (χ0n) is 10.4. The second-order valence-corrected chi connectivity index (χ2v) is 3.99. The first-order valence-corrected chi connectivity index (χ1v) is 5.75. The second kappa shape index (κ2) is 5.62. The number of hydrogen-bond acceptors (Lipinski definition) is 4. The molecule has 100 valence electrons. The highest BCUT2D eigenvalue weighted by Gasteiger charge is 2.15. The van der Waals surface area contributed by atoms with E-state index in [9.17, 15) is 4.79 Å². The number of H-pyrrole nitrogens is 1. The van der Waals surface area contributed by atoms with Gasteiger partial charge in [-0.05, 0) is 12.1 Å². The van der Waals surface area contributed by atoms with Crippen molar-refractivity contribution in [2.24, 2.45) is 0 Å². The number of halogens is 1. The summed E-state index contributed by atoms with van der Waals surface area (Å²) >= 11 is 6.03. The van der Waals surface area contributed by atoms with Crippen LogP contribution in [0.15, 0.2) is 24.5 Å². The summed E-state index contributed by atoms with van der Waals surface area (Å²) in [4.78, 5) is 18.7. The number of amides is 1. The Labute approximate surface area is 114 Å². The molecule has 1 aromatic carbocycles. The molecule has 19 heavy (non-hydrogen) atoms. The van der Waals surface area contributed by atoms with Crippen molar-refractivity contribution < 1.29 is 14.3 Å². The van der Waals surface area contributed by atoms with Gasteiger partial charge in [0.1, 0.15) is 0 Å². The van der Waals surface area contributed by atoms with Crippen molar-refractivity contribution in [1.29, 1.82) is 0 Å². The van der Waals surface area contributed by atoms with Crippen LogP contribution in [-0.2, 0) is 0 Å². The first-order chi connectivity index (χ1) is 9.15. The fourth-order valence-electron chi connectivity index (χ4n) is 1.56. The first kappa shape index (κ1) is 13.2. The third-order valence-electron chi connectivity index (χ3n) is 2.43. The van der Waals surface area contributed by atoms with Gasteiger partial charge in [0, 0.05) is 18.0 Å². The Bertz CT molecular complexity index is 584. The summed E-state index contributed by atoms with van der Waals surface area (Å²) in [5.74, 6) is 0.784.